The van der Waals surface area contributed by atoms with Crippen LogP contribution in [0.1, 0.15) is 26.7 Å². The maximum atomic E-state index is 12.4. The van der Waals surface area contributed by atoms with E-state index in [2.05, 4.69) is 10.00 Å². The number of nitrogens with zero attached hydrogens (tertiary/aromatic N) is 5. The van der Waals surface area contributed by atoms with Gasteiger partial charge in [0.05, 0.1) is 6.67 Å². The minimum atomic E-state index is -0.119. The zero-order valence-electron chi connectivity index (χ0n) is 14.4. The van der Waals surface area contributed by atoms with Crippen molar-refractivity contribution in [1.82, 2.24) is 24.0 Å². The van der Waals surface area contributed by atoms with Crippen LogP contribution in [0.15, 0.2) is 29.2 Å². The number of fused-ring (bicyclic) bond motifs is 1. The third-order valence-electron chi connectivity index (χ3n) is 4.83. The van der Waals surface area contributed by atoms with Crippen LogP contribution in [0.4, 0.5) is 0 Å². The summed E-state index contributed by atoms with van der Waals surface area (Å²) in [5, 5.41) is 4.37. The summed E-state index contributed by atoms with van der Waals surface area (Å²) in [5.74, 6) is 0.378. The molecular weight excluding hydrogens is 306 g/mol. The van der Waals surface area contributed by atoms with Gasteiger partial charge in [-0.25, -0.2) is 4.79 Å². The average Bonchev–Trinajstić information content (AvgIpc) is 2.93. The van der Waals surface area contributed by atoms with E-state index in [0.717, 1.165) is 39.0 Å². The molecule has 1 fully saturated rings. The second-order valence-electron chi connectivity index (χ2n) is 6.26. The summed E-state index contributed by atoms with van der Waals surface area (Å²) in [4.78, 5) is 28.9. The van der Waals surface area contributed by atoms with Gasteiger partial charge in [0.15, 0.2) is 5.65 Å². The highest BCUT2D eigenvalue weighted by atomic mass is 16.2. The number of piperidine rings is 1. The molecule has 0 unspecified atom stereocenters. The summed E-state index contributed by atoms with van der Waals surface area (Å²) in [6.07, 6.45) is 3.42. The normalized spacial score (nSPS) is 16.6. The molecule has 2 aromatic heterocycles. The van der Waals surface area contributed by atoms with E-state index >= 15 is 0 Å². The summed E-state index contributed by atoms with van der Waals surface area (Å²) in [7, 11) is 0. The Morgan fingerprint density at radius 2 is 1.96 bits per heavy atom. The predicted molar refractivity (Wildman–Crippen MR) is 91.7 cm³/mol. The van der Waals surface area contributed by atoms with Crippen LogP contribution in [0.3, 0.4) is 0 Å². The number of rotatable bonds is 5. The summed E-state index contributed by atoms with van der Waals surface area (Å²) in [6.45, 7) is 7.69. The van der Waals surface area contributed by atoms with Crippen LogP contribution >= 0.6 is 0 Å². The molecule has 130 valence electrons. The van der Waals surface area contributed by atoms with Gasteiger partial charge in [-0.15, -0.1) is 5.10 Å². The average molecular weight is 331 g/mol. The number of hydrogen-bond acceptors (Lipinski definition) is 4. The molecule has 0 aromatic carbocycles. The topological polar surface area (TPSA) is 62.9 Å². The van der Waals surface area contributed by atoms with E-state index < -0.39 is 0 Å². The van der Waals surface area contributed by atoms with E-state index in [9.17, 15) is 9.59 Å². The van der Waals surface area contributed by atoms with Gasteiger partial charge in [0.2, 0.25) is 5.91 Å². The van der Waals surface area contributed by atoms with Gasteiger partial charge in [-0.2, -0.15) is 4.68 Å². The van der Waals surface area contributed by atoms with Gasteiger partial charge in [-0.1, -0.05) is 6.07 Å². The molecule has 0 radical (unpaired) electrons. The van der Waals surface area contributed by atoms with Gasteiger partial charge in [-0.3, -0.25) is 14.1 Å². The van der Waals surface area contributed by atoms with E-state index in [1.165, 1.54) is 4.68 Å². The van der Waals surface area contributed by atoms with E-state index in [0.29, 0.717) is 12.3 Å². The van der Waals surface area contributed by atoms with Gasteiger partial charge >= 0.3 is 5.69 Å². The second kappa shape index (κ2) is 7.17. The molecule has 1 saturated heterocycles. The molecule has 0 N–H and O–H groups in total. The Balaban J connectivity index is 1.62. The smallest absolute Gasteiger partial charge is 0.343 e. The Morgan fingerprint density at radius 1 is 1.25 bits per heavy atom. The second-order valence-corrected chi connectivity index (χ2v) is 6.26. The molecule has 0 aliphatic carbocycles. The van der Waals surface area contributed by atoms with Crippen LogP contribution in [-0.2, 0) is 11.5 Å². The molecule has 24 heavy (non-hydrogen) atoms. The summed E-state index contributed by atoms with van der Waals surface area (Å²) >= 11 is 0. The van der Waals surface area contributed by atoms with Crippen LogP contribution in [0, 0.1) is 5.92 Å². The third-order valence-corrected chi connectivity index (χ3v) is 4.83. The van der Waals surface area contributed by atoms with Crippen molar-refractivity contribution in [2.75, 3.05) is 26.2 Å². The molecule has 0 saturated carbocycles. The van der Waals surface area contributed by atoms with Gasteiger partial charge in [-0.05, 0) is 38.8 Å². The molecule has 0 bridgehead atoms. The molecule has 0 atom stereocenters. The lowest BCUT2D eigenvalue weighted by molar-refractivity contribution is -0.136. The first-order chi connectivity index (χ1) is 11.6. The van der Waals surface area contributed by atoms with E-state index in [-0.39, 0.29) is 17.5 Å². The number of carbonyl (C=O) groups excluding carboxylic acids is 1. The van der Waals surface area contributed by atoms with Crippen molar-refractivity contribution in [1.29, 1.82) is 0 Å². The monoisotopic (exact) mass is 331 g/mol. The Kier molecular flexibility index (Phi) is 4.99. The van der Waals surface area contributed by atoms with Gasteiger partial charge in [0.1, 0.15) is 0 Å². The van der Waals surface area contributed by atoms with Crippen molar-refractivity contribution >= 4 is 11.6 Å². The van der Waals surface area contributed by atoms with Gasteiger partial charge < -0.3 is 4.90 Å². The summed E-state index contributed by atoms with van der Waals surface area (Å²) in [6, 6.07) is 5.52. The largest absolute Gasteiger partial charge is 0.351 e. The molecule has 7 nitrogen and oxygen atoms in total. The van der Waals surface area contributed by atoms with Crippen molar-refractivity contribution in [3.63, 3.8) is 0 Å². The molecule has 3 rings (SSSR count). The van der Waals surface area contributed by atoms with Crippen LogP contribution in [0.2, 0.25) is 0 Å². The molecule has 3 heterocycles. The molecule has 1 aliphatic rings. The van der Waals surface area contributed by atoms with Crippen molar-refractivity contribution < 1.29 is 4.79 Å². The number of carbonyl (C=O) groups is 1. The zero-order chi connectivity index (χ0) is 17.1. The number of amides is 1. The molecule has 7 heteroatoms. The van der Waals surface area contributed by atoms with Crippen LogP contribution in [0.25, 0.3) is 5.65 Å². The maximum Gasteiger partial charge on any atom is 0.351 e. The molecule has 1 amide bonds. The van der Waals surface area contributed by atoms with E-state index in [1.807, 2.05) is 36.9 Å². The molecule has 0 spiro atoms. The number of aromatic nitrogens is 3. The van der Waals surface area contributed by atoms with Crippen molar-refractivity contribution in [2.24, 2.45) is 5.92 Å². The SMILES string of the molecule is CCN(CC)C(=O)C1CCN(Cn2nc3ccccn3c2=O)CC1. The highest BCUT2D eigenvalue weighted by Crippen LogP contribution is 2.20. The lowest BCUT2D eigenvalue weighted by atomic mass is 9.95. The minimum Gasteiger partial charge on any atom is -0.343 e. The quantitative estimate of drug-likeness (QED) is 0.821. The Hall–Kier alpha value is -2.15. The van der Waals surface area contributed by atoms with Crippen molar-refractivity contribution in [2.45, 2.75) is 33.4 Å². The summed E-state index contributed by atoms with van der Waals surface area (Å²) < 4.78 is 3.05. The Bertz CT molecular complexity index is 754. The van der Waals surface area contributed by atoms with Gasteiger partial charge in [0, 0.05) is 38.3 Å². The van der Waals surface area contributed by atoms with Crippen molar-refractivity contribution in [3.8, 4) is 0 Å². The first-order valence-corrected chi connectivity index (χ1v) is 8.69. The lowest BCUT2D eigenvalue weighted by Crippen LogP contribution is -2.43. The number of likely N-dealkylation sites (tertiary alicyclic amines) is 1. The van der Waals surface area contributed by atoms with E-state index in [1.54, 1.807) is 10.6 Å². The maximum absolute atomic E-state index is 12.4. The first kappa shape index (κ1) is 16.7. The Morgan fingerprint density at radius 3 is 2.58 bits per heavy atom. The fourth-order valence-electron chi connectivity index (χ4n) is 3.36. The predicted octanol–water partition coefficient (Wildman–Crippen LogP) is 1.03. The highest BCUT2D eigenvalue weighted by Gasteiger charge is 2.27. The van der Waals surface area contributed by atoms with Crippen LogP contribution in [-0.4, -0.2) is 56.1 Å². The highest BCUT2D eigenvalue weighted by molar-refractivity contribution is 5.78. The number of hydrogen-bond donors (Lipinski definition) is 0. The standard InChI is InChI=1S/C17H25N5O2/c1-3-20(4-2)16(23)14-8-11-19(12-9-14)13-22-17(24)21-10-6-5-7-15(21)18-22/h5-7,10,14H,3-4,8-9,11-13H2,1-2H3. The molecule has 2 aromatic rings. The van der Waals surface area contributed by atoms with E-state index in [4.69, 9.17) is 0 Å². The first-order valence-electron chi connectivity index (χ1n) is 8.69. The fourth-order valence-corrected chi connectivity index (χ4v) is 3.36. The minimum absolute atomic E-state index is 0.110. The Labute approximate surface area is 141 Å². The summed E-state index contributed by atoms with van der Waals surface area (Å²) in [5.41, 5.74) is 0.543. The lowest BCUT2D eigenvalue weighted by Gasteiger charge is -2.33. The van der Waals surface area contributed by atoms with Gasteiger partial charge in [0.25, 0.3) is 0 Å². The molecular formula is C17H25N5O2. The molecule has 1 aliphatic heterocycles. The third kappa shape index (κ3) is 3.21. The fraction of sp³-hybridized carbons (Fsp3) is 0.588. The number of pyridine rings is 1. The van der Waals surface area contributed by atoms with Crippen molar-refractivity contribution in [3.05, 3.63) is 34.9 Å². The van der Waals surface area contributed by atoms with Crippen LogP contribution in [0.5, 0.6) is 0 Å². The van der Waals surface area contributed by atoms with Crippen LogP contribution < -0.4 is 5.69 Å². The zero-order valence-corrected chi connectivity index (χ0v) is 14.4.